The summed E-state index contributed by atoms with van der Waals surface area (Å²) in [6.45, 7) is 3.91. The van der Waals surface area contributed by atoms with Gasteiger partial charge in [0, 0.05) is 23.2 Å². The maximum absolute atomic E-state index is 6.29. The van der Waals surface area contributed by atoms with Gasteiger partial charge in [-0.25, -0.2) is 0 Å². The van der Waals surface area contributed by atoms with Crippen molar-refractivity contribution in [1.29, 1.82) is 0 Å². The molecule has 8 nitrogen and oxygen atoms in total. The zero-order valence-electron chi connectivity index (χ0n) is 23.3. The highest BCUT2D eigenvalue weighted by Gasteiger charge is 2.28. The third kappa shape index (κ3) is 7.42. The Morgan fingerprint density at radius 1 is 0.561 bits per heavy atom. The number of methoxy groups -OCH3 is 1. The van der Waals surface area contributed by atoms with Crippen LogP contribution in [0.3, 0.4) is 0 Å². The number of hydrogen-bond donors (Lipinski definition) is 0. The largest absolute Gasteiger partial charge is 0.493 e. The number of pyridine rings is 2. The fourth-order valence-corrected chi connectivity index (χ4v) is 4.42. The van der Waals surface area contributed by atoms with Gasteiger partial charge in [-0.1, -0.05) is 48.5 Å². The Hall–Kier alpha value is -4.40. The van der Waals surface area contributed by atoms with E-state index in [1.807, 2.05) is 91.9 Å². The molecule has 8 heteroatoms. The minimum absolute atomic E-state index is 0.247. The van der Waals surface area contributed by atoms with E-state index in [2.05, 4.69) is 9.97 Å². The van der Waals surface area contributed by atoms with E-state index in [9.17, 15) is 0 Å². The fraction of sp³-hybridized carbons (Fsp3) is 0.273. The molecule has 1 unspecified atom stereocenters. The monoisotopic (exact) mass is 554 g/mol. The maximum atomic E-state index is 6.29. The van der Waals surface area contributed by atoms with E-state index >= 15 is 0 Å². The Balaban J connectivity index is 1.17. The Kier molecular flexibility index (Phi) is 9.46. The Morgan fingerprint density at radius 2 is 1.12 bits per heavy atom. The number of fused-ring (bicyclic) bond motifs is 2. The van der Waals surface area contributed by atoms with Gasteiger partial charge in [0.15, 0.2) is 11.5 Å². The normalized spacial score (nSPS) is 12.6. The molecule has 0 fully saturated rings. The zero-order valence-corrected chi connectivity index (χ0v) is 23.3. The lowest BCUT2D eigenvalue weighted by molar-refractivity contribution is -0.114. The number of ether oxygens (including phenoxy) is 6. The molecule has 0 aliphatic carbocycles. The van der Waals surface area contributed by atoms with Gasteiger partial charge in [0.25, 0.3) is 0 Å². The molecular weight excluding hydrogens is 520 g/mol. The summed E-state index contributed by atoms with van der Waals surface area (Å²) in [6.07, 6.45) is 3.52. The van der Waals surface area contributed by atoms with Crippen molar-refractivity contribution in [2.75, 3.05) is 46.8 Å². The molecule has 212 valence electrons. The molecule has 0 N–H and O–H groups in total. The molecule has 0 saturated carbocycles. The molecule has 0 radical (unpaired) electrons. The summed E-state index contributed by atoms with van der Waals surface area (Å²) in [5, 5.41) is 2.05. The number of nitrogens with zero attached hydrogens (tertiary/aromatic N) is 2. The molecule has 2 heterocycles. The summed E-state index contributed by atoms with van der Waals surface area (Å²) in [5.41, 5.74) is 0.888. The van der Waals surface area contributed by atoms with Gasteiger partial charge in [0.2, 0.25) is 0 Å². The molecule has 3 aromatic carbocycles. The maximum Gasteiger partial charge on any atom is 0.161 e. The first kappa shape index (κ1) is 28.1. The summed E-state index contributed by atoms with van der Waals surface area (Å²) < 4.78 is 35.9. The van der Waals surface area contributed by atoms with Crippen molar-refractivity contribution in [2.45, 2.75) is 12.5 Å². The lowest BCUT2D eigenvalue weighted by Gasteiger charge is -2.30. The van der Waals surface area contributed by atoms with Gasteiger partial charge in [-0.15, -0.1) is 0 Å². The van der Waals surface area contributed by atoms with Gasteiger partial charge in [-0.05, 0) is 43.3 Å². The van der Waals surface area contributed by atoms with Gasteiger partial charge in [0.1, 0.15) is 48.0 Å². The van der Waals surface area contributed by atoms with Crippen LogP contribution in [-0.2, 0) is 9.47 Å². The molecule has 5 aromatic rings. The van der Waals surface area contributed by atoms with Crippen LogP contribution >= 0.6 is 0 Å². The van der Waals surface area contributed by atoms with E-state index in [0.717, 1.165) is 33.3 Å². The van der Waals surface area contributed by atoms with Gasteiger partial charge in [0.05, 0.1) is 26.9 Å². The first-order chi connectivity index (χ1) is 20.1. The van der Waals surface area contributed by atoms with Crippen molar-refractivity contribution in [3.8, 4) is 23.0 Å². The Bertz CT molecular complexity index is 1550. The van der Waals surface area contributed by atoms with Crippen LogP contribution in [0.1, 0.15) is 6.92 Å². The van der Waals surface area contributed by atoms with Crippen LogP contribution in [0.15, 0.2) is 97.3 Å². The van der Waals surface area contributed by atoms with Crippen LogP contribution in [-0.4, -0.2) is 62.3 Å². The lowest BCUT2D eigenvalue weighted by atomic mass is 10.1. The lowest BCUT2D eigenvalue weighted by Crippen LogP contribution is -2.42. The summed E-state index contributed by atoms with van der Waals surface area (Å²) in [4.78, 5) is 8.89. The van der Waals surface area contributed by atoms with Crippen LogP contribution < -0.4 is 18.9 Å². The molecular formula is C33H34N2O6. The molecule has 0 aliphatic heterocycles. The highest BCUT2D eigenvalue weighted by molar-refractivity contribution is 5.84. The highest BCUT2D eigenvalue weighted by atomic mass is 16.6. The van der Waals surface area contributed by atoms with Gasteiger partial charge in [-0.2, -0.15) is 0 Å². The summed E-state index contributed by atoms with van der Waals surface area (Å²) in [5.74, 6) is 2.73. The zero-order chi connectivity index (χ0) is 28.3. The van der Waals surface area contributed by atoms with Crippen LogP contribution in [0.4, 0.5) is 0 Å². The summed E-state index contributed by atoms with van der Waals surface area (Å²) >= 11 is 0. The van der Waals surface area contributed by atoms with Gasteiger partial charge < -0.3 is 28.4 Å². The molecule has 2 aromatic heterocycles. The SMILES string of the molecule is COc1ccccc1OCC(C)(COCCOc1cccc2cccnc12)OCCOc1cccc2cccnc12. The van der Waals surface area contributed by atoms with E-state index in [0.29, 0.717) is 37.9 Å². The third-order valence-corrected chi connectivity index (χ3v) is 6.48. The fourth-order valence-electron chi connectivity index (χ4n) is 4.42. The molecule has 0 saturated heterocycles. The quantitative estimate of drug-likeness (QED) is 0.143. The highest BCUT2D eigenvalue weighted by Crippen LogP contribution is 2.28. The molecule has 5 rings (SSSR count). The van der Waals surface area contributed by atoms with E-state index in [-0.39, 0.29) is 13.2 Å². The predicted molar refractivity (Wildman–Crippen MR) is 158 cm³/mol. The van der Waals surface area contributed by atoms with E-state index in [1.54, 1.807) is 19.5 Å². The second-order valence-electron chi connectivity index (χ2n) is 9.65. The standard InChI is InChI=1S/C33H34N2O6/c1-33(24-40-28-14-4-3-13-27(28)36-2,41-22-21-39-30-16-6-10-26-12-8-18-35-32(26)30)23-37-19-20-38-29-15-5-9-25-11-7-17-34-31(25)29/h3-18H,19-24H2,1-2H3. The smallest absolute Gasteiger partial charge is 0.161 e. The van der Waals surface area contributed by atoms with Crippen molar-refractivity contribution in [3.05, 3.63) is 97.3 Å². The van der Waals surface area contributed by atoms with E-state index in [1.165, 1.54) is 0 Å². The van der Waals surface area contributed by atoms with Gasteiger partial charge in [-0.3, -0.25) is 9.97 Å². The third-order valence-electron chi connectivity index (χ3n) is 6.48. The van der Waals surface area contributed by atoms with Crippen molar-refractivity contribution in [2.24, 2.45) is 0 Å². The molecule has 0 amide bonds. The van der Waals surface area contributed by atoms with Crippen molar-refractivity contribution < 1.29 is 28.4 Å². The minimum atomic E-state index is -0.762. The Morgan fingerprint density at radius 3 is 1.76 bits per heavy atom. The second kappa shape index (κ2) is 13.8. The average Bonchev–Trinajstić information content (AvgIpc) is 3.02. The predicted octanol–water partition coefficient (Wildman–Crippen LogP) is 6.12. The topological polar surface area (TPSA) is 81.2 Å². The summed E-state index contributed by atoms with van der Waals surface area (Å²) in [7, 11) is 1.62. The minimum Gasteiger partial charge on any atom is -0.493 e. The van der Waals surface area contributed by atoms with Crippen molar-refractivity contribution in [1.82, 2.24) is 9.97 Å². The number of rotatable bonds is 15. The molecule has 1 atom stereocenters. The van der Waals surface area contributed by atoms with Crippen LogP contribution in [0, 0.1) is 0 Å². The van der Waals surface area contributed by atoms with Crippen molar-refractivity contribution >= 4 is 21.8 Å². The summed E-state index contributed by atoms with van der Waals surface area (Å²) in [6, 6.07) is 27.1. The van der Waals surface area contributed by atoms with Crippen LogP contribution in [0.25, 0.3) is 21.8 Å². The molecule has 0 spiro atoms. The van der Waals surface area contributed by atoms with Crippen LogP contribution in [0.5, 0.6) is 23.0 Å². The number of hydrogen-bond acceptors (Lipinski definition) is 8. The number of benzene rings is 3. The van der Waals surface area contributed by atoms with E-state index < -0.39 is 5.60 Å². The Labute approximate surface area is 239 Å². The van der Waals surface area contributed by atoms with Gasteiger partial charge >= 0.3 is 0 Å². The number of para-hydroxylation sites is 4. The van der Waals surface area contributed by atoms with E-state index in [4.69, 9.17) is 28.4 Å². The first-order valence-corrected chi connectivity index (χ1v) is 13.6. The van der Waals surface area contributed by atoms with Crippen LogP contribution in [0.2, 0.25) is 0 Å². The second-order valence-corrected chi connectivity index (χ2v) is 9.65. The number of aromatic nitrogens is 2. The first-order valence-electron chi connectivity index (χ1n) is 13.6. The molecule has 0 aliphatic rings. The molecule has 41 heavy (non-hydrogen) atoms. The van der Waals surface area contributed by atoms with Crippen molar-refractivity contribution in [3.63, 3.8) is 0 Å². The molecule has 0 bridgehead atoms. The average molecular weight is 555 g/mol.